The molecule has 1 aliphatic rings. The van der Waals surface area contributed by atoms with E-state index < -0.39 is 0 Å². The summed E-state index contributed by atoms with van der Waals surface area (Å²) in [5, 5.41) is 2.89. The van der Waals surface area contributed by atoms with Crippen LogP contribution < -0.4 is 10.2 Å². The van der Waals surface area contributed by atoms with Crippen LogP contribution in [-0.4, -0.2) is 18.4 Å². The Labute approximate surface area is 136 Å². The Morgan fingerprint density at radius 1 is 1.13 bits per heavy atom. The van der Waals surface area contributed by atoms with Crippen molar-refractivity contribution in [1.29, 1.82) is 0 Å². The van der Waals surface area contributed by atoms with Gasteiger partial charge in [-0.1, -0.05) is 43.3 Å². The Kier molecular flexibility index (Phi) is 4.42. The number of aryl methyl sites for hydroxylation is 1. The van der Waals surface area contributed by atoms with E-state index in [0.717, 1.165) is 23.4 Å². The van der Waals surface area contributed by atoms with Gasteiger partial charge in [0.2, 0.25) is 11.8 Å². The molecule has 4 nitrogen and oxygen atoms in total. The molecule has 0 radical (unpaired) electrons. The van der Waals surface area contributed by atoms with Crippen LogP contribution in [0.5, 0.6) is 0 Å². The van der Waals surface area contributed by atoms with Gasteiger partial charge in [0.25, 0.3) is 0 Å². The maximum atomic E-state index is 12.4. The summed E-state index contributed by atoms with van der Waals surface area (Å²) in [5.41, 5.74) is 2.82. The van der Waals surface area contributed by atoms with Crippen molar-refractivity contribution in [2.24, 2.45) is 5.92 Å². The molecule has 0 aromatic heterocycles. The molecule has 2 aromatic carbocycles. The van der Waals surface area contributed by atoms with Crippen molar-refractivity contribution in [2.45, 2.75) is 19.8 Å². The van der Waals surface area contributed by atoms with E-state index in [1.807, 2.05) is 54.6 Å². The summed E-state index contributed by atoms with van der Waals surface area (Å²) in [7, 11) is 0. The first kappa shape index (κ1) is 15.3. The zero-order valence-electron chi connectivity index (χ0n) is 13.2. The Bertz CT molecular complexity index is 712. The van der Waals surface area contributed by atoms with Crippen molar-refractivity contribution >= 4 is 23.2 Å². The van der Waals surface area contributed by atoms with Gasteiger partial charge in [0.15, 0.2) is 0 Å². The minimum atomic E-state index is -0.312. The average molecular weight is 308 g/mol. The van der Waals surface area contributed by atoms with Crippen LogP contribution in [0.1, 0.15) is 18.9 Å². The highest BCUT2D eigenvalue weighted by Crippen LogP contribution is 2.29. The van der Waals surface area contributed by atoms with Crippen LogP contribution in [0.4, 0.5) is 11.4 Å². The Morgan fingerprint density at radius 3 is 2.57 bits per heavy atom. The standard InChI is InChI=1S/C19H20N2O2/c1-2-14-8-6-7-11-17(14)21-13-15(12-18(21)22)19(23)20-16-9-4-3-5-10-16/h3-11,15H,2,12-13H2,1H3,(H,20,23). The fraction of sp³-hybridized carbons (Fsp3) is 0.263. The molecule has 0 bridgehead atoms. The summed E-state index contributed by atoms with van der Waals surface area (Å²) in [6.45, 7) is 2.51. The minimum Gasteiger partial charge on any atom is -0.326 e. The van der Waals surface area contributed by atoms with Crippen LogP contribution in [0, 0.1) is 5.92 Å². The summed E-state index contributed by atoms with van der Waals surface area (Å²) in [4.78, 5) is 26.5. The summed E-state index contributed by atoms with van der Waals surface area (Å²) >= 11 is 0. The first-order valence-electron chi connectivity index (χ1n) is 7.93. The average Bonchev–Trinajstić information content (AvgIpc) is 2.97. The highest BCUT2D eigenvalue weighted by atomic mass is 16.2. The third-order valence-electron chi connectivity index (χ3n) is 4.20. The molecular formula is C19H20N2O2. The lowest BCUT2D eigenvalue weighted by molar-refractivity contribution is -0.122. The number of amides is 2. The fourth-order valence-electron chi connectivity index (χ4n) is 2.95. The minimum absolute atomic E-state index is 0.0131. The van der Waals surface area contributed by atoms with Crippen molar-refractivity contribution in [2.75, 3.05) is 16.8 Å². The van der Waals surface area contributed by atoms with E-state index in [1.54, 1.807) is 4.90 Å². The molecule has 1 aliphatic heterocycles. The van der Waals surface area contributed by atoms with Gasteiger partial charge in [-0.2, -0.15) is 0 Å². The Balaban J connectivity index is 1.73. The van der Waals surface area contributed by atoms with Gasteiger partial charge < -0.3 is 10.2 Å². The quantitative estimate of drug-likeness (QED) is 0.942. The van der Waals surface area contributed by atoms with Crippen LogP contribution in [0.25, 0.3) is 0 Å². The fourth-order valence-corrected chi connectivity index (χ4v) is 2.95. The van der Waals surface area contributed by atoms with Crippen molar-refractivity contribution in [3.63, 3.8) is 0 Å². The summed E-state index contributed by atoms with van der Waals surface area (Å²) in [6.07, 6.45) is 1.12. The zero-order valence-corrected chi connectivity index (χ0v) is 13.2. The molecule has 2 amide bonds. The molecule has 3 rings (SSSR count). The molecule has 2 aromatic rings. The largest absolute Gasteiger partial charge is 0.326 e. The molecule has 1 saturated heterocycles. The maximum absolute atomic E-state index is 12.4. The molecule has 0 saturated carbocycles. The topological polar surface area (TPSA) is 49.4 Å². The van der Waals surface area contributed by atoms with Crippen LogP contribution in [0.15, 0.2) is 54.6 Å². The predicted octanol–water partition coefficient (Wildman–Crippen LogP) is 3.24. The lowest BCUT2D eigenvalue weighted by Gasteiger charge is -2.20. The third kappa shape index (κ3) is 3.26. The van der Waals surface area contributed by atoms with Gasteiger partial charge in [0, 0.05) is 24.3 Å². The van der Waals surface area contributed by atoms with E-state index in [0.29, 0.717) is 6.54 Å². The van der Waals surface area contributed by atoms with Crippen molar-refractivity contribution in [3.8, 4) is 0 Å². The third-order valence-corrected chi connectivity index (χ3v) is 4.20. The van der Waals surface area contributed by atoms with E-state index in [1.165, 1.54) is 0 Å². The van der Waals surface area contributed by atoms with E-state index >= 15 is 0 Å². The van der Waals surface area contributed by atoms with Crippen LogP contribution in [0.3, 0.4) is 0 Å². The van der Waals surface area contributed by atoms with Gasteiger partial charge in [-0.05, 0) is 30.2 Å². The smallest absolute Gasteiger partial charge is 0.229 e. The Morgan fingerprint density at radius 2 is 1.83 bits per heavy atom. The number of carbonyl (C=O) groups is 2. The zero-order chi connectivity index (χ0) is 16.2. The Hall–Kier alpha value is -2.62. The number of para-hydroxylation sites is 2. The van der Waals surface area contributed by atoms with Crippen LogP contribution >= 0.6 is 0 Å². The lowest BCUT2D eigenvalue weighted by Crippen LogP contribution is -2.28. The molecule has 118 valence electrons. The van der Waals surface area contributed by atoms with Crippen molar-refractivity contribution in [3.05, 3.63) is 60.2 Å². The molecule has 1 heterocycles. The number of hydrogen-bond acceptors (Lipinski definition) is 2. The van der Waals surface area contributed by atoms with E-state index in [4.69, 9.17) is 0 Å². The van der Waals surface area contributed by atoms with E-state index in [2.05, 4.69) is 12.2 Å². The molecule has 23 heavy (non-hydrogen) atoms. The number of anilines is 2. The number of rotatable bonds is 4. The second-order valence-corrected chi connectivity index (χ2v) is 5.74. The van der Waals surface area contributed by atoms with Gasteiger partial charge >= 0.3 is 0 Å². The highest BCUT2D eigenvalue weighted by Gasteiger charge is 2.35. The molecule has 1 N–H and O–H groups in total. The SMILES string of the molecule is CCc1ccccc1N1CC(C(=O)Nc2ccccc2)CC1=O. The van der Waals surface area contributed by atoms with Gasteiger partial charge in [0.05, 0.1) is 5.92 Å². The van der Waals surface area contributed by atoms with Crippen molar-refractivity contribution in [1.82, 2.24) is 0 Å². The molecule has 1 unspecified atom stereocenters. The summed E-state index contributed by atoms with van der Waals surface area (Å²) in [6, 6.07) is 17.2. The van der Waals surface area contributed by atoms with Crippen LogP contribution in [0.2, 0.25) is 0 Å². The number of nitrogens with zero attached hydrogens (tertiary/aromatic N) is 1. The summed E-state index contributed by atoms with van der Waals surface area (Å²) in [5.74, 6) is -0.396. The normalized spacial score (nSPS) is 17.3. The second kappa shape index (κ2) is 6.65. The molecule has 1 atom stereocenters. The maximum Gasteiger partial charge on any atom is 0.229 e. The molecule has 4 heteroatoms. The van der Waals surface area contributed by atoms with Gasteiger partial charge in [-0.3, -0.25) is 9.59 Å². The van der Waals surface area contributed by atoms with Crippen molar-refractivity contribution < 1.29 is 9.59 Å². The lowest BCUT2D eigenvalue weighted by atomic mass is 10.1. The van der Waals surface area contributed by atoms with E-state index in [9.17, 15) is 9.59 Å². The molecule has 1 fully saturated rings. The summed E-state index contributed by atoms with van der Waals surface area (Å²) < 4.78 is 0. The first-order chi connectivity index (χ1) is 11.2. The number of carbonyl (C=O) groups excluding carboxylic acids is 2. The van der Waals surface area contributed by atoms with Gasteiger partial charge in [-0.15, -0.1) is 0 Å². The van der Waals surface area contributed by atoms with Crippen LogP contribution in [-0.2, 0) is 16.0 Å². The van der Waals surface area contributed by atoms with Gasteiger partial charge in [-0.25, -0.2) is 0 Å². The molecule has 0 aliphatic carbocycles. The van der Waals surface area contributed by atoms with Gasteiger partial charge in [0.1, 0.15) is 0 Å². The monoisotopic (exact) mass is 308 g/mol. The predicted molar refractivity (Wildman–Crippen MR) is 91.4 cm³/mol. The second-order valence-electron chi connectivity index (χ2n) is 5.74. The first-order valence-corrected chi connectivity index (χ1v) is 7.93. The number of benzene rings is 2. The number of nitrogens with one attached hydrogen (secondary N) is 1. The molecule has 0 spiro atoms. The highest BCUT2D eigenvalue weighted by molar-refractivity contribution is 6.03. The van der Waals surface area contributed by atoms with E-state index in [-0.39, 0.29) is 24.2 Å². The molecular weight excluding hydrogens is 288 g/mol. The number of hydrogen-bond donors (Lipinski definition) is 1.